The maximum absolute atomic E-state index is 11.4. The quantitative estimate of drug-likeness (QED) is 0.247. The first-order valence-electron chi connectivity index (χ1n) is 7.47. The molecule has 0 aliphatic heterocycles. The van der Waals surface area contributed by atoms with Crippen LogP contribution in [0.2, 0.25) is 0 Å². The molecule has 4 heteroatoms. The molecular formula is C15H30O4. The van der Waals surface area contributed by atoms with Crippen LogP contribution in [0.5, 0.6) is 0 Å². The maximum atomic E-state index is 11.4. The van der Waals surface area contributed by atoms with Crippen LogP contribution in [0.3, 0.4) is 0 Å². The second-order valence-electron chi connectivity index (χ2n) is 5.61. The topological polar surface area (TPSA) is 44.8 Å². The highest BCUT2D eigenvalue weighted by atomic mass is 17.2. The molecule has 0 spiro atoms. The lowest BCUT2D eigenvalue weighted by molar-refractivity contribution is -0.318. The standard InChI is InChI=1S/C15H30O4/c1-6-9-10-11-13(7-2)12-17-14(16)18-19-15(4,5)8-3/h13H,6-12H2,1-5H3. The van der Waals surface area contributed by atoms with Gasteiger partial charge < -0.3 is 4.74 Å². The normalized spacial score (nSPS) is 13.1. The van der Waals surface area contributed by atoms with Crippen LogP contribution in [0.25, 0.3) is 0 Å². The minimum atomic E-state index is -0.740. The minimum absolute atomic E-state index is 0.412. The molecule has 0 rings (SSSR count). The molecule has 0 aliphatic carbocycles. The van der Waals surface area contributed by atoms with Gasteiger partial charge in [-0.2, -0.15) is 4.89 Å². The third-order valence-corrected chi connectivity index (χ3v) is 3.42. The lowest BCUT2D eigenvalue weighted by Gasteiger charge is -2.20. The number of carbonyl (C=O) groups excluding carboxylic acids is 1. The second-order valence-corrected chi connectivity index (χ2v) is 5.61. The Hall–Kier alpha value is -0.770. The lowest BCUT2D eigenvalue weighted by Crippen LogP contribution is -2.26. The summed E-state index contributed by atoms with van der Waals surface area (Å²) in [5.74, 6) is 0.415. The summed E-state index contributed by atoms with van der Waals surface area (Å²) >= 11 is 0. The van der Waals surface area contributed by atoms with E-state index in [1.54, 1.807) is 0 Å². The Bertz CT molecular complexity index is 238. The number of unbranched alkanes of at least 4 members (excludes halogenated alkanes) is 2. The molecule has 0 bridgehead atoms. The maximum Gasteiger partial charge on any atom is 0.540 e. The molecule has 0 fully saturated rings. The summed E-state index contributed by atoms with van der Waals surface area (Å²) < 4.78 is 5.08. The smallest absolute Gasteiger partial charge is 0.432 e. The van der Waals surface area contributed by atoms with E-state index in [9.17, 15) is 4.79 Å². The van der Waals surface area contributed by atoms with Gasteiger partial charge in [0.15, 0.2) is 0 Å². The van der Waals surface area contributed by atoms with Gasteiger partial charge in [-0.15, -0.1) is 0 Å². The van der Waals surface area contributed by atoms with Gasteiger partial charge in [-0.1, -0.05) is 46.5 Å². The number of rotatable bonds is 10. The summed E-state index contributed by atoms with van der Waals surface area (Å²) in [6.45, 7) is 10.4. The second kappa shape index (κ2) is 10.1. The van der Waals surface area contributed by atoms with E-state index in [0.717, 1.165) is 19.3 Å². The van der Waals surface area contributed by atoms with Gasteiger partial charge >= 0.3 is 6.16 Å². The van der Waals surface area contributed by atoms with E-state index >= 15 is 0 Å². The molecule has 0 heterocycles. The lowest BCUT2D eigenvalue weighted by atomic mass is 10.00. The van der Waals surface area contributed by atoms with Crippen LogP contribution in [-0.4, -0.2) is 18.4 Å². The average molecular weight is 274 g/mol. The monoisotopic (exact) mass is 274 g/mol. The fraction of sp³-hybridized carbons (Fsp3) is 0.933. The van der Waals surface area contributed by atoms with Crippen molar-refractivity contribution in [1.29, 1.82) is 0 Å². The van der Waals surface area contributed by atoms with Gasteiger partial charge in [0.1, 0.15) is 5.60 Å². The first-order chi connectivity index (χ1) is 8.95. The van der Waals surface area contributed by atoms with Crippen LogP contribution in [-0.2, 0) is 14.5 Å². The van der Waals surface area contributed by atoms with E-state index in [4.69, 9.17) is 9.62 Å². The molecule has 0 radical (unpaired) electrons. The van der Waals surface area contributed by atoms with E-state index in [1.165, 1.54) is 19.3 Å². The molecule has 0 aromatic carbocycles. The number of hydrogen-bond acceptors (Lipinski definition) is 4. The summed E-state index contributed by atoms with van der Waals surface area (Å²) in [6.07, 6.45) is 5.75. The third kappa shape index (κ3) is 9.77. The van der Waals surface area contributed by atoms with Crippen molar-refractivity contribution in [3.05, 3.63) is 0 Å². The molecule has 0 aromatic rings. The van der Waals surface area contributed by atoms with Crippen molar-refractivity contribution in [2.45, 2.75) is 78.7 Å². The van der Waals surface area contributed by atoms with Crippen LogP contribution in [0, 0.1) is 5.92 Å². The van der Waals surface area contributed by atoms with E-state index in [2.05, 4.69) is 18.7 Å². The Morgan fingerprint density at radius 3 is 2.37 bits per heavy atom. The van der Waals surface area contributed by atoms with Gasteiger partial charge in [0.05, 0.1) is 6.61 Å². The zero-order chi connectivity index (χ0) is 14.7. The van der Waals surface area contributed by atoms with Gasteiger partial charge in [0, 0.05) is 0 Å². The van der Waals surface area contributed by atoms with Crippen molar-refractivity contribution in [3.8, 4) is 0 Å². The van der Waals surface area contributed by atoms with E-state index < -0.39 is 11.8 Å². The Balaban J connectivity index is 3.80. The third-order valence-electron chi connectivity index (χ3n) is 3.42. The van der Waals surface area contributed by atoms with Crippen LogP contribution in [0.15, 0.2) is 0 Å². The predicted molar refractivity (Wildman–Crippen MR) is 75.8 cm³/mol. The molecular weight excluding hydrogens is 244 g/mol. The molecule has 0 aromatic heterocycles. The van der Waals surface area contributed by atoms with Gasteiger partial charge in [0.25, 0.3) is 0 Å². The highest BCUT2D eigenvalue weighted by Crippen LogP contribution is 2.16. The molecule has 0 N–H and O–H groups in total. The summed E-state index contributed by atoms with van der Waals surface area (Å²) in [5.41, 5.74) is -0.468. The number of hydrogen-bond donors (Lipinski definition) is 0. The zero-order valence-electron chi connectivity index (χ0n) is 13.2. The van der Waals surface area contributed by atoms with E-state index in [0.29, 0.717) is 12.5 Å². The van der Waals surface area contributed by atoms with Crippen molar-refractivity contribution in [1.82, 2.24) is 0 Å². The predicted octanol–water partition coefficient (Wildman–Crippen LogP) is 4.87. The van der Waals surface area contributed by atoms with Crippen LogP contribution in [0.4, 0.5) is 4.79 Å². The number of carbonyl (C=O) groups is 1. The molecule has 0 saturated carbocycles. The fourth-order valence-corrected chi connectivity index (χ4v) is 1.50. The van der Waals surface area contributed by atoms with Crippen molar-refractivity contribution >= 4 is 6.16 Å². The van der Waals surface area contributed by atoms with Gasteiger partial charge in [-0.25, -0.2) is 4.79 Å². The van der Waals surface area contributed by atoms with E-state index in [1.807, 2.05) is 20.8 Å². The van der Waals surface area contributed by atoms with E-state index in [-0.39, 0.29) is 0 Å². The van der Waals surface area contributed by atoms with Crippen molar-refractivity contribution in [2.75, 3.05) is 6.61 Å². The molecule has 0 saturated heterocycles. The van der Waals surface area contributed by atoms with Gasteiger partial charge in [-0.05, 0) is 32.6 Å². The van der Waals surface area contributed by atoms with Crippen molar-refractivity contribution in [2.24, 2.45) is 5.92 Å². The summed E-state index contributed by atoms with van der Waals surface area (Å²) in [7, 11) is 0. The zero-order valence-corrected chi connectivity index (χ0v) is 13.2. The minimum Gasteiger partial charge on any atom is -0.432 e. The largest absolute Gasteiger partial charge is 0.540 e. The van der Waals surface area contributed by atoms with Crippen LogP contribution < -0.4 is 0 Å². The summed E-state index contributed by atoms with van der Waals surface area (Å²) in [6, 6.07) is 0. The SMILES string of the molecule is CCCCCC(CC)COC(=O)OOC(C)(C)CC. The molecule has 1 unspecified atom stereocenters. The van der Waals surface area contributed by atoms with Crippen molar-refractivity contribution in [3.63, 3.8) is 0 Å². The summed E-state index contributed by atoms with van der Waals surface area (Å²) in [4.78, 5) is 21.1. The average Bonchev–Trinajstić information content (AvgIpc) is 2.40. The van der Waals surface area contributed by atoms with Crippen LogP contribution in [0.1, 0.15) is 73.1 Å². The molecule has 1 atom stereocenters. The number of ether oxygens (including phenoxy) is 1. The molecule has 19 heavy (non-hydrogen) atoms. The highest BCUT2D eigenvalue weighted by molar-refractivity contribution is 5.58. The van der Waals surface area contributed by atoms with Crippen LogP contribution >= 0.6 is 0 Å². The fourth-order valence-electron chi connectivity index (χ4n) is 1.50. The highest BCUT2D eigenvalue weighted by Gasteiger charge is 2.20. The molecule has 114 valence electrons. The molecule has 0 aliphatic rings. The molecule has 4 nitrogen and oxygen atoms in total. The van der Waals surface area contributed by atoms with Gasteiger partial charge in [0.2, 0.25) is 0 Å². The molecule has 0 amide bonds. The Morgan fingerprint density at radius 1 is 1.16 bits per heavy atom. The first-order valence-corrected chi connectivity index (χ1v) is 7.47. The summed E-state index contributed by atoms with van der Waals surface area (Å²) in [5, 5.41) is 0. The van der Waals surface area contributed by atoms with Gasteiger partial charge in [-0.3, -0.25) is 4.89 Å². The Kier molecular flexibility index (Phi) is 9.66. The first kappa shape index (κ1) is 18.2. The Labute approximate surface area is 117 Å². The van der Waals surface area contributed by atoms with Crippen molar-refractivity contribution < 1.29 is 19.3 Å². The Morgan fingerprint density at radius 2 is 1.84 bits per heavy atom.